The van der Waals surface area contributed by atoms with E-state index in [0.29, 0.717) is 12.4 Å². The van der Waals surface area contributed by atoms with Gasteiger partial charge in [0.15, 0.2) is 0 Å². The Labute approximate surface area is 95.2 Å². The Hall–Kier alpha value is -1.62. The van der Waals surface area contributed by atoms with E-state index >= 15 is 0 Å². The lowest BCUT2D eigenvalue weighted by Gasteiger charge is -2.11. The van der Waals surface area contributed by atoms with Crippen LogP contribution in [0.5, 0.6) is 5.88 Å². The molecule has 1 heterocycles. The van der Waals surface area contributed by atoms with Crippen molar-refractivity contribution in [2.24, 2.45) is 0 Å². The summed E-state index contributed by atoms with van der Waals surface area (Å²) in [5.41, 5.74) is 0.843. The quantitative estimate of drug-likeness (QED) is 0.754. The van der Waals surface area contributed by atoms with E-state index in [1.807, 2.05) is 12.1 Å². The molecule has 2 N–H and O–H groups in total. The maximum atomic E-state index is 11.2. The third-order valence-corrected chi connectivity index (χ3v) is 2.22. The highest BCUT2D eigenvalue weighted by atomic mass is 16.5. The highest BCUT2D eigenvalue weighted by molar-refractivity contribution is 5.80. The minimum Gasteiger partial charge on any atom is -0.481 e. The normalized spacial score (nSPS) is 11.9. The zero-order chi connectivity index (χ0) is 12.0. The van der Waals surface area contributed by atoms with E-state index in [4.69, 9.17) is 4.74 Å². The van der Waals surface area contributed by atoms with Crippen molar-refractivity contribution in [1.82, 2.24) is 15.6 Å². The standard InChI is InChI=1S/C11H17N3O2/c1-8(11(15)12-2)13-7-9-5-4-6-10(14-9)16-3/h4-6,8,13H,7H2,1-3H3,(H,12,15). The average molecular weight is 223 g/mol. The second-order valence-corrected chi connectivity index (χ2v) is 3.39. The SMILES string of the molecule is CNC(=O)C(C)NCc1cccc(OC)n1. The lowest BCUT2D eigenvalue weighted by Crippen LogP contribution is -2.40. The largest absolute Gasteiger partial charge is 0.481 e. The van der Waals surface area contributed by atoms with Gasteiger partial charge in [-0.1, -0.05) is 6.07 Å². The second kappa shape index (κ2) is 6.07. The summed E-state index contributed by atoms with van der Waals surface area (Å²) in [4.78, 5) is 15.5. The maximum absolute atomic E-state index is 11.2. The summed E-state index contributed by atoms with van der Waals surface area (Å²) in [7, 11) is 3.19. The summed E-state index contributed by atoms with van der Waals surface area (Å²) < 4.78 is 5.01. The number of hydrogen-bond donors (Lipinski definition) is 2. The van der Waals surface area contributed by atoms with Gasteiger partial charge in [0.25, 0.3) is 0 Å². The Kier molecular flexibility index (Phi) is 4.72. The number of amides is 1. The van der Waals surface area contributed by atoms with Gasteiger partial charge in [0.1, 0.15) is 0 Å². The van der Waals surface area contributed by atoms with Crippen molar-refractivity contribution in [2.75, 3.05) is 14.2 Å². The van der Waals surface area contributed by atoms with Crippen LogP contribution in [-0.2, 0) is 11.3 Å². The van der Waals surface area contributed by atoms with Gasteiger partial charge >= 0.3 is 0 Å². The van der Waals surface area contributed by atoms with Gasteiger partial charge in [-0.05, 0) is 13.0 Å². The van der Waals surface area contributed by atoms with Crippen LogP contribution in [0.25, 0.3) is 0 Å². The van der Waals surface area contributed by atoms with Crippen molar-refractivity contribution >= 4 is 5.91 Å². The molecule has 1 amide bonds. The van der Waals surface area contributed by atoms with Gasteiger partial charge in [-0.3, -0.25) is 4.79 Å². The number of carbonyl (C=O) groups is 1. The fourth-order valence-electron chi connectivity index (χ4n) is 1.24. The van der Waals surface area contributed by atoms with E-state index in [9.17, 15) is 4.79 Å². The first-order valence-corrected chi connectivity index (χ1v) is 5.12. The number of pyridine rings is 1. The van der Waals surface area contributed by atoms with Crippen molar-refractivity contribution < 1.29 is 9.53 Å². The molecule has 1 atom stereocenters. The highest BCUT2D eigenvalue weighted by Gasteiger charge is 2.09. The minimum atomic E-state index is -0.238. The Morgan fingerprint density at radius 1 is 1.56 bits per heavy atom. The first kappa shape index (κ1) is 12.4. The molecule has 0 aliphatic carbocycles. The molecule has 0 saturated heterocycles. The number of nitrogens with zero attached hydrogens (tertiary/aromatic N) is 1. The molecule has 0 radical (unpaired) electrons. The average Bonchev–Trinajstić information content (AvgIpc) is 2.35. The molecule has 0 fully saturated rings. The zero-order valence-electron chi connectivity index (χ0n) is 9.78. The summed E-state index contributed by atoms with van der Waals surface area (Å²) in [5.74, 6) is 0.537. The number of likely N-dealkylation sites (N-methyl/N-ethyl adjacent to an activating group) is 1. The summed E-state index contributed by atoms with van der Waals surface area (Å²) in [5, 5.41) is 5.65. The van der Waals surface area contributed by atoms with Gasteiger partial charge in [-0.2, -0.15) is 0 Å². The summed E-state index contributed by atoms with van der Waals surface area (Å²) >= 11 is 0. The molecule has 0 aliphatic heterocycles. The first-order valence-electron chi connectivity index (χ1n) is 5.12. The molecule has 0 saturated carbocycles. The number of rotatable bonds is 5. The fraction of sp³-hybridized carbons (Fsp3) is 0.455. The van der Waals surface area contributed by atoms with Crippen molar-refractivity contribution in [3.63, 3.8) is 0 Å². The lowest BCUT2D eigenvalue weighted by atomic mass is 10.3. The lowest BCUT2D eigenvalue weighted by molar-refractivity contribution is -0.122. The molecule has 1 unspecified atom stereocenters. The molecule has 1 aromatic rings. The first-order chi connectivity index (χ1) is 7.67. The van der Waals surface area contributed by atoms with E-state index in [-0.39, 0.29) is 11.9 Å². The van der Waals surface area contributed by atoms with E-state index in [1.54, 1.807) is 27.1 Å². The molecule has 0 aromatic carbocycles. The van der Waals surface area contributed by atoms with Crippen molar-refractivity contribution in [3.05, 3.63) is 23.9 Å². The predicted molar refractivity (Wildman–Crippen MR) is 61.2 cm³/mol. The summed E-state index contributed by atoms with van der Waals surface area (Å²) in [6.45, 7) is 2.34. The topological polar surface area (TPSA) is 63.2 Å². The Morgan fingerprint density at radius 3 is 2.94 bits per heavy atom. The number of methoxy groups -OCH3 is 1. The molecule has 0 aliphatic rings. The van der Waals surface area contributed by atoms with Crippen LogP contribution >= 0.6 is 0 Å². The molecule has 0 spiro atoms. The maximum Gasteiger partial charge on any atom is 0.236 e. The molecule has 5 heteroatoms. The van der Waals surface area contributed by atoms with E-state index in [0.717, 1.165) is 5.69 Å². The van der Waals surface area contributed by atoms with Crippen LogP contribution in [-0.4, -0.2) is 31.1 Å². The number of ether oxygens (including phenoxy) is 1. The highest BCUT2D eigenvalue weighted by Crippen LogP contribution is 2.06. The Morgan fingerprint density at radius 2 is 2.31 bits per heavy atom. The number of nitrogens with one attached hydrogen (secondary N) is 2. The van der Waals surface area contributed by atoms with Crippen molar-refractivity contribution in [2.45, 2.75) is 19.5 Å². The molecule has 1 rings (SSSR count). The van der Waals surface area contributed by atoms with E-state index in [2.05, 4.69) is 15.6 Å². The monoisotopic (exact) mass is 223 g/mol. The molecule has 5 nitrogen and oxygen atoms in total. The van der Waals surface area contributed by atoms with Crippen LogP contribution < -0.4 is 15.4 Å². The van der Waals surface area contributed by atoms with Crippen LogP contribution in [0.15, 0.2) is 18.2 Å². The van der Waals surface area contributed by atoms with Crippen LogP contribution in [0.2, 0.25) is 0 Å². The summed E-state index contributed by atoms with van der Waals surface area (Å²) in [6.07, 6.45) is 0. The molecule has 0 bridgehead atoms. The van der Waals surface area contributed by atoms with Crippen LogP contribution in [0.1, 0.15) is 12.6 Å². The van der Waals surface area contributed by atoms with Crippen LogP contribution in [0, 0.1) is 0 Å². The molecule has 1 aromatic heterocycles. The van der Waals surface area contributed by atoms with E-state index < -0.39 is 0 Å². The Bertz CT molecular complexity index is 355. The van der Waals surface area contributed by atoms with Gasteiger partial charge in [0.05, 0.1) is 18.8 Å². The zero-order valence-corrected chi connectivity index (χ0v) is 9.78. The molecular weight excluding hydrogens is 206 g/mol. The van der Waals surface area contributed by atoms with Gasteiger partial charge in [-0.15, -0.1) is 0 Å². The van der Waals surface area contributed by atoms with Crippen molar-refractivity contribution in [3.8, 4) is 5.88 Å². The number of aromatic nitrogens is 1. The predicted octanol–water partition coefficient (Wildman–Crippen LogP) is 0.314. The van der Waals surface area contributed by atoms with Crippen molar-refractivity contribution in [1.29, 1.82) is 0 Å². The number of hydrogen-bond acceptors (Lipinski definition) is 4. The van der Waals surface area contributed by atoms with Crippen LogP contribution in [0.3, 0.4) is 0 Å². The van der Waals surface area contributed by atoms with E-state index in [1.165, 1.54) is 0 Å². The minimum absolute atomic E-state index is 0.0390. The third kappa shape index (κ3) is 3.51. The van der Waals surface area contributed by atoms with Gasteiger partial charge in [0.2, 0.25) is 11.8 Å². The summed E-state index contributed by atoms with van der Waals surface area (Å²) in [6, 6.07) is 5.29. The second-order valence-electron chi connectivity index (χ2n) is 3.39. The number of carbonyl (C=O) groups excluding carboxylic acids is 1. The molecular formula is C11H17N3O2. The molecule has 16 heavy (non-hydrogen) atoms. The fourth-order valence-corrected chi connectivity index (χ4v) is 1.24. The Balaban J connectivity index is 2.51. The smallest absolute Gasteiger partial charge is 0.236 e. The van der Waals surface area contributed by atoms with Gasteiger partial charge in [-0.25, -0.2) is 4.98 Å². The third-order valence-electron chi connectivity index (χ3n) is 2.22. The van der Waals surface area contributed by atoms with Crippen LogP contribution in [0.4, 0.5) is 0 Å². The van der Waals surface area contributed by atoms with Gasteiger partial charge < -0.3 is 15.4 Å². The van der Waals surface area contributed by atoms with Gasteiger partial charge in [0, 0.05) is 19.7 Å². The molecule has 88 valence electrons.